The highest BCUT2D eigenvalue weighted by Crippen LogP contribution is 2.39. The van der Waals surface area contributed by atoms with Gasteiger partial charge in [0.15, 0.2) is 11.5 Å². The van der Waals surface area contributed by atoms with Crippen molar-refractivity contribution in [3.8, 4) is 22.7 Å². The van der Waals surface area contributed by atoms with Crippen molar-refractivity contribution in [3.05, 3.63) is 54.3 Å². The highest BCUT2D eigenvalue weighted by molar-refractivity contribution is 5.92. The minimum atomic E-state index is -0.288. The van der Waals surface area contributed by atoms with E-state index in [2.05, 4.69) is 14.9 Å². The zero-order chi connectivity index (χ0) is 21.2. The first kappa shape index (κ1) is 20.0. The number of ether oxygens (including phenoxy) is 1. The molecule has 1 aliphatic heterocycles. The van der Waals surface area contributed by atoms with Crippen LogP contribution in [0.4, 0.5) is 4.39 Å². The molecule has 1 aromatic carbocycles. The summed E-state index contributed by atoms with van der Waals surface area (Å²) in [5.74, 6) is 0.309. The van der Waals surface area contributed by atoms with E-state index >= 15 is 0 Å². The van der Waals surface area contributed by atoms with E-state index in [0.29, 0.717) is 18.3 Å². The maximum atomic E-state index is 13.5. The minimum Gasteiger partial charge on any atom is -0.449 e. The summed E-state index contributed by atoms with van der Waals surface area (Å²) < 4.78 is 27.2. The van der Waals surface area contributed by atoms with Crippen LogP contribution in [0.5, 0.6) is 0 Å². The van der Waals surface area contributed by atoms with Gasteiger partial charge in [-0.25, -0.2) is 9.37 Å². The highest BCUT2D eigenvalue weighted by atomic mass is 19.1. The number of furan rings is 1. The van der Waals surface area contributed by atoms with Crippen LogP contribution in [-0.4, -0.2) is 34.7 Å². The number of hydrogen-bond donors (Lipinski definition) is 1. The van der Waals surface area contributed by atoms with Crippen molar-refractivity contribution in [1.82, 2.24) is 14.9 Å². The van der Waals surface area contributed by atoms with Gasteiger partial charge in [-0.2, -0.15) is 0 Å². The second-order valence-corrected chi connectivity index (χ2v) is 8.30. The SMILES string of the molecule is O=C(NCC1CCCO1)c1ccc(-c2c(-c3ccc(F)cc3)ncn2C2CCCC2)o1. The molecule has 1 atom stereocenters. The Hall–Kier alpha value is -2.93. The first-order valence-electron chi connectivity index (χ1n) is 11.0. The Morgan fingerprint density at radius 1 is 1.10 bits per heavy atom. The lowest BCUT2D eigenvalue weighted by atomic mass is 10.1. The van der Waals surface area contributed by atoms with Crippen molar-refractivity contribution in [3.63, 3.8) is 0 Å². The molecule has 5 rings (SSSR count). The lowest BCUT2D eigenvalue weighted by Gasteiger charge is -2.15. The summed E-state index contributed by atoms with van der Waals surface area (Å²) in [5, 5.41) is 2.90. The van der Waals surface area contributed by atoms with E-state index in [1.807, 2.05) is 12.4 Å². The fraction of sp³-hybridized carbons (Fsp3) is 0.417. The summed E-state index contributed by atoms with van der Waals surface area (Å²) in [6, 6.07) is 10.2. The monoisotopic (exact) mass is 423 g/mol. The van der Waals surface area contributed by atoms with Crippen LogP contribution in [0.3, 0.4) is 0 Å². The molecular formula is C24H26FN3O3. The first-order chi connectivity index (χ1) is 15.2. The van der Waals surface area contributed by atoms with E-state index in [0.717, 1.165) is 49.2 Å². The molecule has 0 bridgehead atoms. The number of nitrogens with one attached hydrogen (secondary N) is 1. The summed E-state index contributed by atoms with van der Waals surface area (Å²) in [6.45, 7) is 1.23. The Bertz CT molecular complexity index is 1040. The molecule has 6 nitrogen and oxygen atoms in total. The molecule has 3 heterocycles. The number of carbonyl (C=O) groups excluding carboxylic acids is 1. The van der Waals surface area contributed by atoms with Gasteiger partial charge in [0.25, 0.3) is 5.91 Å². The fourth-order valence-electron chi connectivity index (χ4n) is 4.57. The van der Waals surface area contributed by atoms with Crippen molar-refractivity contribution in [2.75, 3.05) is 13.2 Å². The number of carbonyl (C=O) groups is 1. The number of imidazole rings is 1. The van der Waals surface area contributed by atoms with Crippen LogP contribution in [0, 0.1) is 5.82 Å². The van der Waals surface area contributed by atoms with E-state index in [9.17, 15) is 9.18 Å². The van der Waals surface area contributed by atoms with E-state index in [4.69, 9.17) is 9.15 Å². The van der Waals surface area contributed by atoms with Crippen LogP contribution in [-0.2, 0) is 4.74 Å². The van der Waals surface area contributed by atoms with Crippen LogP contribution in [0.15, 0.2) is 47.1 Å². The normalized spacial score (nSPS) is 19.2. The molecule has 1 saturated carbocycles. The van der Waals surface area contributed by atoms with Crippen LogP contribution < -0.4 is 5.32 Å². The molecule has 1 N–H and O–H groups in total. The second-order valence-electron chi connectivity index (χ2n) is 8.30. The van der Waals surface area contributed by atoms with Gasteiger partial charge in [0.1, 0.15) is 11.5 Å². The van der Waals surface area contributed by atoms with Crippen molar-refractivity contribution < 1.29 is 18.3 Å². The van der Waals surface area contributed by atoms with Gasteiger partial charge < -0.3 is 19.0 Å². The van der Waals surface area contributed by atoms with Gasteiger partial charge in [-0.1, -0.05) is 12.8 Å². The highest BCUT2D eigenvalue weighted by Gasteiger charge is 2.26. The number of rotatable bonds is 6. The Labute approximate surface area is 180 Å². The molecule has 2 fully saturated rings. The summed E-state index contributed by atoms with van der Waals surface area (Å²) in [6.07, 6.45) is 8.44. The predicted molar refractivity (Wildman–Crippen MR) is 114 cm³/mol. The third-order valence-corrected chi connectivity index (χ3v) is 6.21. The molecule has 162 valence electrons. The molecule has 1 amide bonds. The van der Waals surface area contributed by atoms with E-state index in [1.165, 1.54) is 25.0 Å². The Kier molecular flexibility index (Phi) is 5.59. The third kappa shape index (κ3) is 4.14. The van der Waals surface area contributed by atoms with Crippen LogP contribution >= 0.6 is 0 Å². The van der Waals surface area contributed by atoms with Crippen molar-refractivity contribution in [2.24, 2.45) is 0 Å². The van der Waals surface area contributed by atoms with E-state index < -0.39 is 0 Å². The largest absolute Gasteiger partial charge is 0.449 e. The maximum Gasteiger partial charge on any atom is 0.287 e. The second kappa shape index (κ2) is 8.67. The number of amides is 1. The van der Waals surface area contributed by atoms with Gasteiger partial charge in [0.2, 0.25) is 0 Å². The first-order valence-corrected chi connectivity index (χ1v) is 11.0. The third-order valence-electron chi connectivity index (χ3n) is 6.21. The predicted octanol–water partition coefficient (Wildman–Crippen LogP) is 4.97. The van der Waals surface area contributed by atoms with Crippen molar-refractivity contribution in [1.29, 1.82) is 0 Å². The topological polar surface area (TPSA) is 69.3 Å². The molecule has 2 aliphatic rings. The lowest BCUT2D eigenvalue weighted by Crippen LogP contribution is -2.31. The number of halogens is 1. The standard InChI is InChI=1S/C24H26FN3O3/c25-17-9-7-16(8-10-17)22-23(28(15-27-22)18-4-1-2-5-18)20-11-12-21(31-20)24(29)26-14-19-6-3-13-30-19/h7-12,15,18-19H,1-6,13-14H2,(H,26,29). The molecule has 3 aromatic rings. The van der Waals surface area contributed by atoms with Crippen LogP contribution in [0.25, 0.3) is 22.7 Å². The Morgan fingerprint density at radius 2 is 1.90 bits per heavy atom. The zero-order valence-electron chi connectivity index (χ0n) is 17.4. The van der Waals surface area contributed by atoms with Gasteiger partial charge in [-0.05, 0) is 62.1 Å². The average Bonchev–Trinajstić information content (AvgIpc) is 3.58. The number of hydrogen-bond acceptors (Lipinski definition) is 4. The summed E-state index contributed by atoms with van der Waals surface area (Å²) in [7, 11) is 0. The maximum absolute atomic E-state index is 13.5. The molecule has 1 aliphatic carbocycles. The van der Waals surface area contributed by atoms with Crippen molar-refractivity contribution >= 4 is 5.91 Å². The molecule has 7 heteroatoms. The molecule has 1 saturated heterocycles. The molecule has 31 heavy (non-hydrogen) atoms. The Morgan fingerprint density at radius 3 is 2.65 bits per heavy atom. The smallest absolute Gasteiger partial charge is 0.287 e. The van der Waals surface area contributed by atoms with Crippen molar-refractivity contribution in [2.45, 2.75) is 50.7 Å². The van der Waals surface area contributed by atoms with Crippen LogP contribution in [0.1, 0.15) is 55.1 Å². The van der Waals surface area contributed by atoms with Gasteiger partial charge in [-0.3, -0.25) is 4.79 Å². The molecule has 0 spiro atoms. The average molecular weight is 423 g/mol. The fourth-order valence-corrected chi connectivity index (χ4v) is 4.57. The summed E-state index contributed by atoms with van der Waals surface area (Å²) in [4.78, 5) is 17.2. The Balaban J connectivity index is 1.45. The summed E-state index contributed by atoms with van der Waals surface area (Å²) in [5.41, 5.74) is 2.37. The van der Waals surface area contributed by atoms with Gasteiger partial charge in [0.05, 0.1) is 18.1 Å². The number of nitrogens with zero attached hydrogens (tertiary/aromatic N) is 2. The molecular weight excluding hydrogens is 397 g/mol. The lowest BCUT2D eigenvalue weighted by molar-refractivity contribution is 0.0836. The minimum absolute atomic E-state index is 0.0762. The van der Waals surface area contributed by atoms with Crippen LogP contribution in [0.2, 0.25) is 0 Å². The van der Waals surface area contributed by atoms with E-state index in [1.54, 1.807) is 18.2 Å². The quantitative estimate of drug-likeness (QED) is 0.608. The summed E-state index contributed by atoms with van der Waals surface area (Å²) >= 11 is 0. The number of benzene rings is 1. The molecule has 2 aromatic heterocycles. The van der Waals surface area contributed by atoms with Gasteiger partial charge in [-0.15, -0.1) is 0 Å². The zero-order valence-corrected chi connectivity index (χ0v) is 17.4. The number of aromatic nitrogens is 2. The molecule has 1 unspecified atom stereocenters. The van der Waals surface area contributed by atoms with Gasteiger partial charge in [0, 0.05) is 24.8 Å². The van der Waals surface area contributed by atoms with E-state index in [-0.39, 0.29) is 23.6 Å². The van der Waals surface area contributed by atoms with Gasteiger partial charge >= 0.3 is 0 Å². The molecule has 0 radical (unpaired) electrons.